The van der Waals surface area contributed by atoms with Gasteiger partial charge in [0, 0.05) is 61.3 Å². The van der Waals surface area contributed by atoms with E-state index in [-0.39, 0.29) is 85.7 Å². The van der Waals surface area contributed by atoms with Gasteiger partial charge in [0.15, 0.2) is 18.4 Å². The summed E-state index contributed by atoms with van der Waals surface area (Å²) in [4.78, 5) is 47.9. The highest BCUT2D eigenvalue weighted by Gasteiger charge is 2.43. The monoisotopic (exact) mass is 942 g/mol. The number of para-hydroxylation sites is 1. The standard InChI is InChI=1S/C49H54N10O8S/c1-28(2)45(49(63)58-25-36(60)19-40(58)48(62)53-29(3)32-11-13-33(14-12-32)46-30(4)51-26-68-46)42-21-43(56-67-42)65-18-17-57-23-34(15-16-44(57)61)31(5)59-24-35(22-52-59)38-20-39(54-55-47(38)50)37-9-7-8-10-41(37)66-27-64-6/h7-16,20-24,26,28-29,31,36,40,45,60H,17-19,25,27H2,1-6H3,(H2,50,55)(H,53,62)/t29?,31?,36-,40+,45?/m1/s1. The smallest absolute Gasteiger partial charge is 0.254 e. The van der Waals surface area contributed by atoms with Gasteiger partial charge in [-0.1, -0.05) is 50.2 Å². The number of thiazole rings is 1. The molecule has 5 aromatic heterocycles. The van der Waals surface area contributed by atoms with Crippen molar-refractivity contribution in [3.8, 4) is 44.5 Å². The quantitative estimate of drug-likeness (QED) is 0.0790. The number of rotatable bonds is 18. The molecule has 68 heavy (non-hydrogen) atoms. The third-order valence-corrected chi connectivity index (χ3v) is 13.1. The number of carbonyl (C=O) groups is 2. The molecule has 0 spiro atoms. The summed E-state index contributed by atoms with van der Waals surface area (Å²) in [6.45, 7) is 9.91. The van der Waals surface area contributed by atoms with E-state index in [9.17, 15) is 19.5 Å². The zero-order valence-corrected chi connectivity index (χ0v) is 39.4. The van der Waals surface area contributed by atoms with Crippen molar-refractivity contribution < 1.29 is 33.4 Å². The number of hydrogen-bond donors (Lipinski definition) is 3. The maximum atomic E-state index is 14.3. The highest BCUT2D eigenvalue weighted by molar-refractivity contribution is 7.13. The number of benzene rings is 2. The maximum absolute atomic E-state index is 14.3. The molecule has 1 aliphatic heterocycles. The molecule has 1 saturated heterocycles. The van der Waals surface area contributed by atoms with Gasteiger partial charge < -0.3 is 44.4 Å². The van der Waals surface area contributed by atoms with Gasteiger partial charge in [-0.25, -0.2) is 4.98 Å². The number of anilines is 1. The Morgan fingerprint density at radius 2 is 1.75 bits per heavy atom. The number of likely N-dealkylation sites (tertiary alicyclic amines) is 1. The van der Waals surface area contributed by atoms with Crippen LogP contribution in [0.1, 0.15) is 74.7 Å². The number of β-amino-alcohol motifs (C(OH)–C–C–N with tert-alkyl or cyclic N) is 1. The molecule has 6 heterocycles. The Bertz CT molecular complexity index is 2930. The van der Waals surface area contributed by atoms with Gasteiger partial charge in [-0.15, -0.1) is 21.5 Å². The van der Waals surface area contributed by atoms with Crippen LogP contribution in [-0.2, 0) is 20.9 Å². The summed E-state index contributed by atoms with van der Waals surface area (Å²) in [5, 5.41) is 31.0. The average Bonchev–Trinajstić information content (AvgIpc) is 4.17. The predicted octanol–water partition coefficient (Wildman–Crippen LogP) is 6.42. The summed E-state index contributed by atoms with van der Waals surface area (Å²) in [5.74, 6) is -0.551. The molecule has 4 N–H and O–H groups in total. The fraction of sp³-hybridized carbons (Fsp3) is 0.347. The minimum Gasteiger partial charge on any atom is -0.474 e. The molecule has 8 rings (SSSR count). The van der Waals surface area contributed by atoms with Gasteiger partial charge in [0.05, 0.1) is 52.7 Å². The molecule has 19 heteroatoms. The molecule has 0 saturated carbocycles. The topological polar surface area (TPSA) is 228 Å². The number of nitrogens with two attached hydrogens (primary N) is 1. The second-order valence-electron chi connectivity index (χ2n) is 17.1. The Labute approximate surface area is 396 Å². The molecule has 354 valence electrons. The van der Waals surface area contributed by atoms with E-state index in [1.807, 2.05) is 101 Å². The largest absolute Gasteiger partial charge is 0.474 e. The molecule has 3 unspecified atom stereocenters. The number of aliphatic hydroxyl groups excluding tert-OH is 1. The van der Waals surface area contributed by atoms with Crippen molar-refractivity contribution in [1.82, 2.24) is 44.9 Å². The van der Waals surface area contributed by atoms with Crippen molar-refractivity contribution in [3.63, 3.8) is 0 Å². The highest BCUT2D eigenvalue weighted by atomic mass is 32.1. The number of pyridine rings is 1. The Morgan fingerprint density at radius 3 is 2.50 bits per heavy atom. The van der Waals surface area contributed by atoms with Crippen LogP contribution in [0.15, 0.2) is 106 Å². The summed E-state index contributed by atoms with van der Waals surface area (Å²) in [6, 6.07) is 20.5. The van der Waals surface area contributed by atoms with E-state index in [0.29, 0.717) is 17.0 Å². The lowest BCUT2D eigenvalue weighted by molar-refractivity contribution is -0.141. The number of nitrogen functional groups attached to an aromatic ring is 1. The third kappa shape index (κ3) is 10.3. The molecule has 2 amide bonds. The van der Waals surface area contributed by atoms with Crippen LogP contribution >= 0.6 is 11.3 Å². The SMILES string of the molecule is COCOc1ccccc1-c1cc(-c2cnn(C(C)c3ccc(=O)n(CCOc4cc(C(C(=O)N5C[C@H](O)C[C@H]5C(=O)NC(C)c5ccc(-c6scnc6C)cc5)C(C)C)on4)c3)c2)c(N)nn1. The number of aromatic nitrogens is 7. The average molecular weight is 943 g/mol. The molecule has 0 radical (unpaired) electrons. The van der Waals surface area contributed by atoms with E-state index in [1.54, 1.807) is 52.2 Å². The van der Waals surface area contributed by atoms with Crippen LogP contribution in [0.2, 0.25) is 0 Å². The van der Waals surface area contributed by atoms with E-state index in [0.717, 1.165) is 38.4 Å². The zero-order valence-electron chi connectivity index (χ0n) is 38.6. The summed E-state index contributed by atoms with van der Waals surface area (Å²) >= 11 is 1.57. The number of ether oxygens (including phenoxy) is 3. The lowest BCUT2D eigenvalue weighted by Crippen LogP contribution is -2.48. The van der Waals surface area contributed by atoms with Crippen LogP contribution in [0.4, 0.5) is 5.82 Å². The number of methoxy groups -OCH3 is 1. The fourth-order valence-corrected chi connectivity index (χ4v) is 9.17. The van der Waals surface area contributed by atoms with E-state index in [2.05, 4.69) is 30.8 Å². The number of nitrogens with zero attached hydrogens (tertiary/aromatic N) is 8. The normalized spacial score (nSPS) is 16.1. The number of aryl methyl sites for hydroxylation is 1. The first-order valence-electron chi connectivity index (χ1n) is 22.3. The molecule has 2 aromatic carbocycles. The minimum atomic E-state index is -0.882. The van der Waals surface area contributed by atoms with E-state index >= 15 is 0 Å². The van der Waals surface area contributed by atoms with Crippen LogP contribution in [0.3, 0.4) is 0 Å². The lowest BCUT2D eigenvalue weighted by atomic mass is 9.91. The molecule has 18 nitrogen and oxygen atoms in total. The van der Waals surface area contributed by atoms with Crippen LogP contribution in [0, 0.1) is 12.8 Å². The highest BCUT2D eigenvalue weighted by Crippen LogP contribution is 2.35. The van der Waals surface area contributed by atoms with Gasteiger partial charge in [-0.2, -0.15) is 5.10 Å². The van der Waals surface area contributed by atoms with Crippen molar-refractivity contribution in [3.05, 3.63) is 130 Å². The number of carbonyl (C=O) groups excluding carboxylic acids is 2. The summed E-state index contributed by atoms with van der Waals surface area (Å²) in [5.41, 5.74) is 14.3. The second-order valence-corrected chi connectivity index (χ2v) is 18.0. The Hall–Kier alpha value is -7.22. The van der Waals surface area contributed by atoms with Gasteiger partial charge in [0.2, 0.25) is 11.8 Å². The number of nitrogens with one attached hydrogen (secondary N) is 1. The maximum Gasteiger partial charge on any atom is 0.254 e. The molecule has 1 aliphatic rings. The first-order valence-corrected chi connectivity index (χ1v) is 23.2. The van der Waals surface area contributed by atoms with Crippen molar-refractivity contribution >= 4 is 29.0 Å². The third-order valence-electron chi connectivity index (χ3n) is 12.1. The Balaban J connectivity index is 0.891. The van der Waals surface area contributed by atoms with E-state index < -0.39 is 18.1 Å². The van der Waals surface area contributed by atoms with Gasteiger partial charge in [-0.3, -0.25) is 19.1 Å². The summed E-state index contributed by atoms with van der Waals surface area (Å²) in [7, 11) is 1.55. The first-order chi connectivity index (χ1) is 32.8. The fourth-order valence-electron chi connectivity index (χ4n) is 8.35. The number of aliphatic hydroxyl groups is 1. The van der Waals surface area contributed by atoms with E-state index in [1.165, 1.54) is 11.0 Å². The predicted molar refractivity (Wildman–Crippen MR) is 255 cm³/mol. The van der Waals surface area contributed by atoms with Crippen molar-refractivity contribution in [2.45, 2.75) is 77.7 Å². The van der Waals surface area contributed by atoms with Crippen molar-refractivity contribution in [2.24, 2.45) is 5.92 Å². The summed E-state index contributed by atoms with van der Waals surface area (Å²) < 4.78 is 25.8. The second kappa shape index (κ2) is 20.7. The van der Waals surface area contributed by atoms with Gasteiger partial charge in [0.1, 0.15) is 24.3 Å². The molecule has 1 fully saturated rings. The number of hydrogen-bond acceptors (Lipinski definition) is 15. The van der Waals surface area contributed by atoms with Gasteiger partial charge in [-0.05, 0) is 72.8 Å². The Morgan fingerprint density at radius 1 is 0.971 bits per heavy atom. The lowest BCUT2D eigenvalue weighted by Gasteiger charge is -2.29. The molecule has 0 aliphatic carbocycles. The molecular formula is C49H54N10O8S. The van der Waals surface area contributed by atoms with Crippen molar-refractivity contribution in [2.75, 3.05) is 32.8 Å². The zero-order chi connectivity index (χ0) is 48.1. The summed E-state index contributed by atoms with van der Waals surface area (Å²) in [6.07, 6.45) is 4.55. The molecule has 7 aromatic rings. The first kappa shape index (κ1) is 47.3. The van der Waals surface area contributed by atoms with Crippen LogP contribution in [0.5, 0.6) is 11.6 Å². The van der Waals surface area contributed by atoms with Crippen molar-refractivity contribution in [1.29, 1.82) is 0 Å². The minimum absolute atomic E-state index is 0.00225. The van der Waals surface area contributed by atoms with Gasteiger partial charge >= 0.3 is 0 Å². The molecule has 0 bridgehead atoms. The van der Waals surface area contributed by atoms with Gasteiger partial charge in [0.25, 0.3) is 11.4 Å². The van der Waals surface area contributed by atoms with Crippen LogP contribution in [-0.4, -0.2) is 95.7 Å². The molecular weight excluding hydrogens is 889 g/mol. The number of amides is 2. The Kier molecular flexibility index (Phi) is 14.4. The van der Waals surface area contributed by atoms with Crippen LogP contribution in [0.25, 0.3) is 32.8 Å². The molecule has 5 atom stereocenters. The van der Waals surface area contributed by atoms with E-state index in [4.69, 9.17) is 24.5 Å². The van der Waals surface area contributed by atoms with Crippen LogP contribution < -0.4 is 26.1 Å².